The predicted octanol–water partition coefficient (Wildman–Crippen LogP) is 3.48. The number of aromatic hydroxyl groups is 1. The Balaban J connectivity index is 1.77. The van der Waals surface area contributed by atoms with Gasteiger partial charge in [0.2, 0.25) is 0 Å². The second kappa shape index (κ2) is 6.73. The zero-order chi connectivity index (χ0) is 14.5. The quantitative estimate of drug-likeness (QED) is 0.886. The lowest BCUT2D eigenvalue weighted by molar-refractivity contribution is 0.0945. The molecule has 0 bridgehead atoms. The monoisotopic (exact) mass is 279 g/mol. The SMILES string of the molecule is CC1CCC(CCNC(=O)c2ccc(O)cc2F)CC1. The molecule has 1 fully saturated rings. The van der Waals surface area contributed by atoms with Gasteiger partial charge in [-0.05, 0) is 30.4 Å². The molecule has 3 nitrogen and oxygen atoms in total. The standard InChI is InChI=1S/C16H22FNO2/c1-11-2-4-12(5-3-11)8-9-18-16(20)14-7-6-13(19)10-15(14)17/h6-7,10-12,19H,2-5,8-9H2,1H3,(H,18,20). The van der Waals surface area contributed by atoms with E-state index in [1.54, 1.807) is 0 Å². The van der Waals surface area contributed by atoms with Crippen molar-refractivity contribution in [1.29, 1.82) is 0 Å². The normalized spacial score (nSPS) is 22.5. The molecule has 1 aromatic rings. The maximum Gasteiger partial charge on any atom is 0.254 e. The topological polar surface area (TPSA) is 49.3 Å². The average molecular weight is 279 g/mol. The Bertz CT molecular complexity index is 468. The summed E-state index contributed by atoms with van der Waals surface area (Å²) in [7, 11) is 0. The third-order valence-electron chi connectivity index (χ3n) is 4.17. The number of phenolic OH excluding ortho intramolecular Hbond substituents is 1. The van der Waals surface area contributed by atoms with Crippen molar-refractivity contribution in [1.82, 2.24) is 5.32 Å². The van der Waals surface area contributed by atoms with Crippen molar-refractivity contribution in [3.05, 3.63) is 29.6 Å². The Morgan fingerprint density at radius 2 is 2.05 bits per heavy atom. The van der Waals surface area contributed by atoms with E-state index in [9.17, 15) is 9.18 Å². The Hall–Kier alpha value is -1.58. The second-order valence-corrected chi connectivity index (χ2v) is 5.83. The van der Waals surface area contributed by atoms with Gasteiger partial charge in [-0.2, -0.15) is 0 Å². The molecule has 0 aliphatic heterocycles. The van der Waals surface area contributed by atoms with Gasteiger partial charge in [0.05, 0.1) is 5.56 Å². The van der Waals surface area contributed by atoms with E-state index < -0.39 is 11.7 Å². The summed E-state index contributed by atoms with van der Waals surface area (Å²) in [4.78, 5) is 11.8. The van der Waals surface area contributed by atoms with Crippen molar-refractivity contribution in [3.8, 4) is 5.75 Å². The summed E-state index contributed by atoms with van der Waals surface area (Å²) in [6.07, 6.45) is 5.95. The molecule has 1 aromatic carbocycles. The van der Waals surface area contributed by atoms with E-state index in [-0.39, 0.29) is 11.3 Å². The van der Waals surface area contributed by atoms with Crippen LogP contribution in [0.15, 0.2) is 18.2 Å². The van der Waals surface area contributed by atoms with Gasteiger partial charge in [-0.3, -0.25) is 4.79 Å². The third kappa shape index (κ3) is 3.95. The zero-order valence-corrected chi connectivity index (χ0v) is 11.9. The molecule has 1 amide bonds. The van der Waals surface area contributed by atoms with Crippen LogP contribution < -0.4 is 5.32 Å². The number of hydrogen-bond acceptors (Lipinski definition) is 2. The molecule has 1 aliphatic rings. The predicted molar refractivity (Wildman–Crippen MR) is 76.1 cm³/mol. The minimum absolute atomic E-state index is 0.0138. The largest absolute Gasteiger partial charge is 0.508 e. The number of benzene rings is 1. The van der Waals surface area contributed by atoms with Gasteiger partial charge in [0.1, 0.15) is 11.6 Å². The molecular weight excluding hydrogens is 257 g/mol. The van der Waals surface area contributed by atoms with Gasteiger partial charge in [0.15, 0.2) is 0 Å². The van der Waals surface area contributed by atoms with Gasteiger partial charge >= 0.3 is 0 Å². The van der Waals surface area contributed by atoms with Gasteiger partial charge in [-0.1, -0.05) is 32.6 Å². The number of phenols is 1. The van der Waals surface area contributed by atoms with Crippen molar-refractivity contribution >= 4 is 5.91 Å². The first-order valence-electron chi connectivity index (χ1n) is 7.33. The summed E-state index contributed by atoms with van der Waals surface area (Å²) >= 11 is 0. The summed E-state index contributed by atoms with van der Waals surface area (Å²) < 4.78 is 13.5. The van der Waals surface area contributed by atoms with Gasteiger partial charge in [0, 0.05) is 12.6 Å². The second-order valence-electron chi connectivity index (χ2n) is 5.83. The van der Waals surface area contributed by atoms with Gasteiger partial charge < -0.3 is 10.4 Å². The first kappa shape index (κ1) is 14.8. The van der Waals surface area contributed by atoms with Crippen molar-refractivity contribution in [2.75, 3.05) is 6.54 Å². The number of carbonyl (C=O) groups excluding carboxylic acids is 1. The minimum Gasteiger partial charge on any atom is -0.508 e. The first-order valence-corrected chi connectivity index (χ1v) is 7.33. The van der Waals surface area contributed by atoms with E-state index in [1.165, 1.54) is 37.8 Å². The molecule has 110 valence electrons. The number of hydrogen-bond donors (Lipinski definition) is 2. The minimum atomic E-state index is -0.686. The summed E-state index contributed by atoms with van der Waals surface area (Å²) in [6.45, 7) is 2.86. The lowest BCUT2D eigenvalue weighted by Gasteiger charge is -2.26. The highest BCUT2D eigenvalue weighted by Gasteiger charge is 2.18. The van der Waals surface area contributed by atoms with E-state index in [1.807, 2.05) is 0 Å². The van der Waals surface area contributed by atoms with Crippen molar-refractivity contribution < 1.29 is 14.3 Å². The fourth-order valence-electron chi connectivity index (χ4n) is 2.79. The smallest absolute Gasteiger partial charge is 0.254 e. The van der Waals surface area contributed by atoms with E-state index in [2.05, 4.69) is 12.2 Å². The molecule has 0 heterocycles. The van der Waals surface area contributed by atoms with Crippen LogP contribution in [0.25, 0.3) is 0 Å². The maximum atomic E-state index is 13.5. The molecule has 0 radical (unpaired) electrons. The fourth-order valence-corrected chi connectivity index (χ4v) is 2.79. The lowest BCUT2D eigenvalue weighted by Crippen LogP contribution is -2.27. The number of amides is 1. The number of nitrogens with one attached hydrogen (secondary N) is 1. The highest BCUT2D eigenvalue weighted by atomic mass is 19.1. The van der Waals surface area contributed by atoms with Crippen LogP contribution in [0.5, 0.6) is 5.75 Å². The van der Waals surface area contributed by atoms with E-state index >= 15 is 0 Å². The molecular formula is C16H22FNO2. The van der Waals surface area contributed by atoms with E-state index in [0.717, 1.165) is 18.4 Å². The molecule has 0 aromatic heterocycles. The van der Waals surface area contributed by atoms with Crippen molar-refractivity contribution in [2.24, 2.45) is 11.8 Å². The van der Waals surface area contributed by atoms with Crippen LogP contribution in [-0.2, 0) is 0 Å². The Labute approximate surface area is 119 Å². The molecule has 2 N–H and O–H groups in total. The van der Waals surface area contributed by atoms with Crippen molar-refractivity contribution in [3.63, 3.8) is 0 Å². The average Bonchev–Trinajstić information content (AvgIpc) is 2.41. The van der Waals surface area contributed by atoms with Gasteiger partial charge in [-0.25, -0.2) is 4.39 Å². The zero-order valence-electron chi connectivity index (χ0n) is 11.9. The number of carbonyl (C=O) groups is 1. The molecule has 0 unspecified atom stereocenters. The maximum absolute atomic E-state index is 13.5. The van der Waals surface area contributed by atoms with Crippen LogP contribution in [0.2, 0.25) is 0 Å². The van der Waals surface area contributed by atoms with Gasteiger partial charge in [0.25, 0.3) is 5.91 Å². The van der Waals surface area contributed by atoms with Crippen LogP contribution in [-0.4, -0.2) is 17.6 Å². The fraction of sp³-hybridized carbons (Fsp3) is 0.562. The molecule has 0 atom stereocenters. The Morgan fingerprint density at radius 3 is 2.70 bits per heavy atom. The van der Waals surface area contributed by atoms with Crippen LogP contribution >= 0.6 is 0 Å². The van der Waals surface area contributed by atoms with Crippen LogP contribution in [0, 0.1) is 17.7 Å². The Morgan fingerprint density at radius 1 is 1.35 bits per heavy atom. The summed E-state index contributed by atoms with van der Waals surface area (Å²) in [5, 5.41) is 11.9. The molecule has 4 heteroatoms. The summed E-state index contributed by atoms with van der Waals surface area (Å²) in [6, 6.07) is 3.58. The molecule has 0 saturated heterocycles. The number of rotatable bonds is 4. The molecule has 1 saturated carbocycles. The molecule has 1 aliphatic carbocycles. The lowest BCUT2D eigenvalue weighted by atomic mass is 9.81. The molecule has 2 rings (SSSR count). The van der Waals surface area contributed by atoms with Crippen LogP contribution in [0.1, 0.15) is 49.4 Å². The molecule has 20 heavy (non-hydrogen) atoms. The van der Waals surface area contributed by atoms with Crippen LogP contribution in [0.3, 0.4) is 0 Å². The highest BCUT2D eigenvalue weighted by molar-refractivity contribution is 5.94. The summed E-state index contributed by atoms with van der Waals surface area (Å²) in [5.74, 6) is 0.235. The van der Waals surface area contributed by atoms with Crippen molar-refractivity contribution in [2.45, 2.75) is 39.0 Å². The first-order chi connectivity index (χ1) is 9.56. The van der Waals surface area contributed by atoms with E-state index in [4.69, 9.17) is 5.11 Å². The molecule has 0 spiro atoms. The van der Waals surface area contributed by atoms with Gasteiger partial charge in [-0.15, -0.1) is 0 Å². The van der Waals surface area contributed by atoms with E-state index in [0.29, 0.717) is 12.5 Å². The summed E-state index contributed by atoms with van der Waals surface area (Å²) in [5.41, 5.74) is -0.0138. The Kier molecular flexibility index (Phi) is 4.99. The third-order valence-corrected chi connectivity index (χ3v) is 4.17. The number of halogens is 1. The van der Waals surface area contributed by atoms with Crippen LogP contribution in [0.4, 0.5) is 4.39 Å². The highest BCUT2D eigenvalue weighted by Crippen LogP contribution is 2.29.